The lowest BCUT2D eigenvalue weighted by Crippen LogP contribution is -2.53. The predicted octanol–water partition coefficient (Wildman–Crippen LogP) is 1.78. The third-order valence-corrected chi connectivity index (χ3v) is 3.09. The molecule has 4 heteroatoms. The van der Waals surface area contributed by atoms with Gasteiger partial charge < -0.3 is 15.8 Å². The van der Waals surface area contributed by atoms with Gasteiger partial charge in [0.15, 0.2) is 0 Å². The second-order valence-corrected chi connectivity index (χ2v) is 4.24. The second-order valence-electron chi connectivity index (χ2n) is 4.24. The average Bonchev–Trinajstić information content (AvgIpc) is 2.44. The topological polar surface area (TPSA) is 64.3 Å². The number of rotatable bonds is 3. The molecule has 0 unspecified atom stereocenters. The first-order valence-electron chi connectivity index (χ1n) is 5.87. The second kappa shape index (κ2) is 5.95. The number of nitrogens with one attached hydrogen (secondary N) is 1. The van der Waals surface area contributed by atoms with Crippen LogP contribution in [-0.4, -0.2) is 24.8 Å². The van der Waals surface area contributed by atoms with Crippen LogP contribution in [0.5, 0.6) is 0 Å². The summed E-state index contributed by atoms with van der Waals surface area (Å²) < 4.78 is 4.91. The van der Waals surface area contributed by atoms with Gasteiger partial charge in [0, 0.05) is 6.54 Å². The first-order valence-corrected chi connectivity index (χ1v) is 5.87. The molecule has 0 spiro atoms. The fraction of sp³-hybridized carbons (Fsp3) is 0.909. The van der Waals surface area contributed by atoms with Crippen LogP contribution in [-0.2, 0) is 4.74 Å². The molecule has 0 bridgehead atoms. The predicted molar refractivity (Wildman–Crippen MR) is 59.6 cm³/mol. The minimum absolute atomic E-state index is 0.219. The number of hydrogen-bond acceptors (Lipinski definition) is 3. The van der Waals surface area contributed by atoms with Crippen LogP contribution in [0.25, 0.3) is 0 Å². The van der Waals surface area contributed by atoms with Gasteiger partial charge >= 0.3 is 6.09 Å². The summed E-state index contributed by atoms with van der Waals surface area (Å²) in [5, 5.41) is 2.94. The Hall–Kier alpha value is -0.770. The minimum atomic E-state index is -0.329. The Bertz CT molecular complexity index is 199. The van der Waals surface area contributed by atoms with Crippen molar-refractivity contribution in [2.75, 3.05) is 13.2 Å². The van der Waals surface area contributed by atoms with Crippen molar-refractivity contribution in [1.82, 2.24) is 5.32 Å². The molecule has 0 saturated heterocycles. The summed E-state index contributed by atoms with van der Waals surface area (Å²) in [5.74, 6) is 0. The van der Waals surface area contributed by atoms with Gasteiger partial charge in [-0.05, 0) is 19.8 Å². The summed E-state index contributed by atoms with van der Waals surface area (Å²) in [4.78, 5) is 11.4. The molecule has 0 aromatic carbocycles. The molecule has 0 aliphatic heterocycles. The third-order valence-electron chi connectivity index (χ3n) is 3.09. The van der Waals surface area contributed by atoms with E-state index in [0.29, 0.717) is 13.2 Å². The van der Waals surface area contributed by atoms with Crippen molar-refractivity contribution in [3.63, 3.8) is 0 Å². The van der Waals surface area contributed by atoms with Crippen molar-refractivity contribution < 1.29 is 9.53 Å². The lowest BCUT2D eigenvalue weighted by atomic mass is 9.90. The van der Waals surface area contributed by atoms with Crippen molar-refractivity contribution in [1.29, 1.82) is 0 Å². The van der Waals surface area contributed by atoms with Crippen molar-refractivity contribution in [2.24, 2.45) is 5.73 Å². The van der Waals surface area contributed by atoms with E-state index in [-0.39, 0.29) is 11.6 Å². The zero-order valence-corrected chi connectivity index (χ0v) is 9.55. The van der Waals surface area contributed by atoms with Crippen LogP contribution >= 0.6 is 0 Å². The summed E-state index contributed by atoms with van der Waals surface area (Å²) in [7, 11) is 0. The number of amides is 1. The zero-order valence-electron chi connectivity index (χ0n) is 9.55. The van der Waals surface area contributed by atoms with Gasteiger partial charge in [-0.2, -0.15) is 0 Å². The van der Waals surface area contributed by atoms with E-state index in [2.05, 4.69) is 5.32 Å². The largest absolute Gasteiger partial charge is 0.450 e. The van der Waals surface area contributed by atoms with Crippen LogP contribution in [0.3, 0.4) is 0 Å². The van der Waals surface area contributed by atoms with E-state index in [1.54, 1.807) is 0 Å². The molecule has 0 aromatic heterocycles. The fourth-order valence-corrected chi connectivity index (χ4v) is 2.17. The monoisotopic (exact) mass is 214 g/mol. The number of carbonyl (C=O) groups is 1. The molecule has 88 valence electrons. The maximum Gasteiger partial charge on any atom is 0.407 e. The van der Waals surface area contributed by atoms with Gasteiger partial charge in [-0.3, -0.25) is 0 Å². The van der Waals surface area contributed by atoms with E-state index < -0.39 is 0 Å². The minimum Gasteiger partial charge on any atom is -0.450 e. The molecule has 0 aromatic rings. The molecule has 1 rings (SSSR count). The van der Waals surface area contributed by atoms with Crippen LogP contribution < -0.4 is 11.1 Å². The lowest BCUT2D eigenvalue weighted by Gasteiger charge is -2.31. The average molecular weight is 214 g/mol. The number of alkyl carbamates (subject to hydrolysis) is 1. The number of ether oxygens (including phenoxy) is 1. The van der Waals surface area contributed by atoms with E-state index >= 15 is 0 Å². The fourth-order valence-electron chi connectivity index (χ4n) is 2.17. The summed E-state index contributed by atoms with van der Waals surface area (Å²) >= 11 is 0. The third kappa shape index (κ3) is 3.70. The van der Waals surface area contributed by atoms with Crippen molar-refractivity contribution in [3.8, 4) is 0 Å². The molecular weight excluding hydrogens is 192 g/mol. The zero-order chi connectivity index (χ0) is 11.1. The Morgan fingerprint density at radius 2 is 1.93 bits per heavy atom. The van der Waals surface area contributed by atoms with Crippen LogP contribution in [0.1, 0.15) is 45.4 Å². The highest BCUT2D eigenvalue weighted by Gasteiger charge is 2.31. The Morgan fingerprint density at radius 1 is 1.33 bits per heavy atom. The van der Waals surface area contributed by atoms with E-state index in [1.165, 1.54) is 12.8 Å². The molecule has 0 radical (unpaired) electrons. The Labute approximate surface area is 91.5 Å². The van der Waals surface area contributed by atoms with Gasteiger partial charge in [0.25, 0.3) is 0 Å². The van der Waals surface area contributed by atoms with E-state index in [1.807, 2.05) is 6.92 Å². The smallest absolute Gasteiger partial charge is 0.407 e. The molecule has 0 atom stereocenters. The molecule has 1 aliphatic carbocycles. The quantitative estimate of drug-likeness (QED) is 0.704. The molecule has 1 saturated carbocycles. The lowest BCUT2D eigenvalue weighted by molar-refractivity contribution is 0.135. The van der Waals surface area contributed by atoms with Crippen LogP contribution in [0, 0.1) is 0 Å². The van der Waals surface area contributed by atoms with Crippen molar-refractivity contribution >= 4 is 6.09 Å². The molecule has 3 N–H and O–H groups in total. The normalized spacial score (nSPS) is 20.4. The highest BCUT2D eigenvalue weighted by Crippen LogP contribution is 2.26. The van der Waals surface area contributed by atoms with Gasteiger partial charge in [-0.15, -0.1) is 0 Å². The summed E-state index contributed by atoms with van der Waals surface area (Å²) in [6.45, 7) is 2.72. The van der Waals surface area contributed by atoms with Gasteiger partial charge in [0.1, 0.15) is 0 Å². The van der Waals surface area contributed by atoms with E-state index in [4.69, 9.17) is 10.5 Å². The molecule has 0 heterocycles. The SMILES string of the molecule is CCOC(=O)NC1(CN)CCCCCC1. The molecule has 4 nitrogen and oxygen atoms in total. The molecule has 1 fully saturated rings. The maximum absolute atomic E-state index is 11.4. The van der Waals surface area contributed by atoms with Crippen LogP contribution in [0.15, 0.2) is 0 Å². The van der Waals surface area contributed by atoms with Crippen LogP contribution in [0.4, 0.5) is 4.79 Å². The standard InChI is InChI=1S/C11H22N2O2/c1-2-15-10(14)13-11(9-12)7-5-3-4-6-8-11/h2-9,12H2,1H3,(H,13,14). The summed E-state index contributed by atoms with van der Waals surface area (Å²) in [6.07, 6.45) is 6.39. The molecule has 1 amide bonds. The highest BCUT2D eigenvalue weighted by atomic mass is 16.5. The van der Waals surface area contributed by atoms with E-state index in [0.717, 1.165) is 25.7 Å². The van der Waals surface area contributed by atoms with Crippen molar-refractivity contribution in [3.05, 3.63) is 0 Å². The number of nitrogens with two attached hydrogens (primary N) is 1. The van der Waals surface area contributed by atoms with Crippen LogP contribution in [0.2, 0.25) is 0 Å². The van der Waals surface area contributed by atoms with Gasteiger partial charge in [0.2, 0.25) is 0 Å². The molecule has 1 aliphatic rings. The van der Waals surface area contributed by atoms with Crippen molar-refractivity contribution in [2.45, 2.75) is 51.0 Å². The first kappa shape index (κ1) is 12.3. The summed E-state index contributed by atoms with van der Waals surface area (Å²) in [6, 6.07) is 0. The number of carbonyl (C=O) groups excluding carboxylic acids is 1. The maximum atomic E-state index is 11.4. The Balaban J connectivity index is 2.53. The first-order chi connectivity index (χ1) is 7.22. The summed E-state index contributed by atoms with van der Waals surface area (Å²) in [5.41, 5.74) is 5.56. The Morgan fingerprint density at radius 3 is 2.40 bits per heavy atom. The van der Waals surface area contributed by atoms with E-state index in [9.17, 15) is 4.79 Å². The van der Waals surface area contributed by atoms with Gasteiger partial charge in [-0.1, -0.05) is 25.7 Å². The molecular formula is C11H22N2O2. The number of hydrogen-bond donors (Lipinski definition) is 2. The Kier molecular flexibility index (Phi) is 4.88. The molecule has 15 heavy (non-hydrogen) atoms. The van der Waals surface area contributed by atoms with Gasteiger partial charge in [-0.25, -0.2) is 4.79 Å². The van der Waals surface area contributed by atoms with Gasteiger partial charge in [0.05, 0.1) is 12.1 Å². The highest BCUT2D eigenvalue weighted by molar-refractivity contribution is 5.68.